The fourth-order valence-corrected chi connectivity index (χ4v) is 3.11. The van der Waals surface area contributed by atoms with E-state index in [1.54, 1.807) is 0 Å². The van der Waals surface area contributed by atoms with Crippen molar-refractivity contribution in [2.75, 3.05) is 11.5 Å². The van der Waals surface area contributed by atoms with Crippen molar-refractivity contribution < 1.29 is 9.53 Å². The smallest absolute Gasteiger partial charge is 0.322 e. The fourth-order valence-electron chi connectivity index (χ4n) is 3.11. The second kappa shape index (κ2) is 7.49. The summed E-state index contributed by atoms with van der Waals surface area (Å²) in [7, 11) is 0. The molecule has 1 unspecified atom stereocenters. The number of carbonyl (C=O) groups excluding carboxylic acids is 1. The third-order valence-electron chi connectivity index (χ3n) is 4.37. The third kappa shape index (κ3) is 3.60. The summed E-state index contributed by atoms with van der Waals surface area (Å²) >= 11 is 0. The molecule has 0 bridgehead atoms. The van der Waals surface area contributed by atoms with E-state index in [-0.39, 0.29) is 12.1 Å². The van der Waals surface area contributed by atoms with E-state index in [9.17, 15) is 4.79 Å². The number of rotatable bonds is 5. The van der Waals surface area contributed by atoms with Crippen LogP contribution in [0.2, 0.25) is 0 Å². The van der Waals surface area contributed by atoms with Crippen LogP contribution in [0.15, 0.2) is 48.5 Å². The highest BCUT2D eigenvalue weighted by Crippen LogP contribution is 2.31. The monoisotopic (exact) mass is 324 g/mol. The molecule has 0 fully saturated rings. The summed E-state index contributed by atoms with van der Waals surface area (Å²) in [6.07, 6.45) is 0.912. The lowest BCUT2D eigenvalue weighted by molar-refractivity contribution is 0.134. The van der Waals surface area contributed by atoms with Crippen molar-refractivity contribution >= 4 is 11.7 Å². The Balaban J connectivity index is 1.60. The Hall–Kier alpha value is -2.33. The average Bonchev–Trinajstić information content (AvgIpc) is 2.94. The first-order valence-electron chi connectivity index (χ1n) is 8.49. The molecule has 1 aliphatic heterocycles. The minimum atomic E-state index is -0.0363. The van der Waals surface area contributed by atoms with E-state index >= 15 is 0 Å². The number of anilines is 1. The number of hydrogen-bond acceptors (Lipinski definition) is 2. The van der Waals surface area contributed by atoms with Crippen LogP contribution in [-0.4, -0.2) is 18.7 Å². The Morgan fingerprint density at radius 2 is 1.88 bits per heavy atom. The van der Waals surface area contributed by atoms with Gasteiger partial charge in [0.05, 0.1) is 6.61 Å². The van der Waals surface area contributed by atoms with Gasteiger partial charge in [-0.3, -0.25) is 4.90 Å². The molecule has 1 aliphatic rings. The number of fused-ring (bicyclic) bond motifs is 1. The molecule has 1 heterocycles. The molecule has 0 spiro atoms. The average molecular weight is 324 g/mol. The number of amides is 2. The molecule has 4 nitrogen and oxygen atoms in total. The number of carbonyl (C=O) groups is 1. The van der Waals surface area contributed by atoms with E-state index in [2.05, 4.69) is 18.3 Å². The summed E-state index contributed by atoms with van der Waals surface area (Å²) in [4.78, 5) is 14.5. The van der Waals surface area contributed by atoms with Gasteiger partial charge in [0, 0.05) is 24.9 Å². The Morgan fingerprint density at radius 3 is 2.62 bits per heavy atom. The third-order valence-corrected chi connectivity index (χ3v) is 4.37. The van der Waals surface area contributed by atoms with E-state index in [1.807, 2.05) is 54.3 Å². The predicted octanol–water partition coefficient (Wildman–Crippen LogP) is 3.88. The van der Waals surface area contributed by atoms with Crippen molar-refractivity contribution in [3.63, 3.8) is 0 Å². The van der Waals surface area contributed by atoms with E-state index < -0.39 is 0 Å². The topological polar surface area (TPSA) is 41.6 Å². The minimum absolute atomic E-state index is 0.0363. The Morgan fingerprint density at radius 1 is 1.17 bits per heavy atom. The van der Waals surface area contributed by atoms with Crippen molar-refractivity contribution in [1.29, 1.82) is 0 Å². The van der Waals surface area contributed by atoms with E-state index in [0.29, 0.717) is 19.8 Å². The zero-order valence-corrected chi connectivity index (χ0v) is 14.3. The maximum absolute atomic E-state index is 12.6. The number of nitrogens with one attached hydrogen (secondary N) is 1. The van der Waals surface area contributed by atoms with Gasteiger partial charge in [-0.05, 0) is 43.0 Å². The highest BCUT2D eigenvalue weighted by Gasteiger charge is 2.30. The van der Waals surface area contributed by atoms with Gasteiger partial charge in [-0.2, -0.15) is 0 Å². The highest BCUT2D eigenvalue weighted by atomic mass is 16.5. The van der Waals surface area contributed by atoms with Gasteiger partial charge in [0.25, 0.3) is 0 Å². The first kappa shape index (κ1) is 16.5. The van der Waals surface area contributed by atoms with E-state index in [0.717, 1.165) is 23.2 Å². The summed E-state index contributed by atoms with van der Waals surface area (Å²) in [5, 5.41) is 3.03. The molecule has 0 saturated heterocycles. The molecule has 2 aromatic rings. The van der Waals surface area contributed by atoms with Gasteiger partial charge in [-0.15, -0.1) is 0 Å². The summed E-state index contributed by atoms with van der Waals surface area (Å²) in [6, 6.07) is 16.4. The van der Waals surface area contributed by atoms with E-state index in [1.165, 1.54) is 5.56 Å². The first-order valence-corrected chi connectivity index (χ1v) is 8.49. The molecule has 24 heavy (non-hydrogen) atoms. The predicted molar refractivity (Wildman–Crippen MR) is 96.1 cm³/mol. The zero-order valence-electron chi connectivity index (χ0n) is 14.3. The van der Waals surface area contributed by atoms with Crippen LogP contribution in [0.5, 0.6) is 0 Å². The van der Waals surface area contributed by atoms with Gasteiger partial charge in [0.2, 0.25) is 0 Å². The largest absolute Gasteiger partial charge is 0.377 e. The van der Waals surface area contributed by atoms with Crippen molar-refractivity contribution in [2.24, 2.45) is 0 Å². The minimum Gasteiger partial charge on any atom is -0.377 e. The summed E-state index contributed by atoms with van der Waals surface area (Å²) < 4.78 is 5.39. The summed E-state index contributed by atoms with van der Waals surface area (Å²) in [5.41, 5.74) is 4.49. The molecular weight excluding hydrogens is 300 g/mol. The number of benzene rings is 2. The van der Waals surface area contributed by atoms with Crippen LogP contribution >= 0.6 is 0 Å². The van der Waals surface area contributed by atoms with Gasteiger partial charge < -0.3 is 10.1 Å². The van der Waals surface area contributed by atoms with Gasteiger partial charge >= 0.3 is 6.03 Å². The summed E-state index contributed by atoms with van der Waals surface area (Å²) in [5.74, 6) is 0. The molecule has 0 aromatic heterocycles. The molecule has 4 heteroatoms. The van der Waals surface area contributed by atoms with Crippen molar-refractivity contribution in [3.05, 3.63) is 65.2 Å². The number of para-hydroxylation sites is 1. The van der Waals surface area contributed by atoms with Crippen LogP contribution in [0.25, 0.3) is 0 Å². The van der Waals surface area contributed by atoms with Gasteiger partial charge in [0.15, 0.2) is 0 Å². The molecule has 1 N–H and O–H groups in total. The Bertz CT molecular complexity index is 697. The molecule has 126 valence electrons. The summed E-state index contributed by atoms with van der Waals surface area (Å²) in [6.45, 7) is 5.95. The molecule has 0 saturated carbocycles. The number of ether oxygens (including phenoxy) is 1. The molecular formula is C20H24N2O2. The molecule has 2 aromatic carbocycles. The van der Waals surface area contributed by atoms with Gasteiger partial charge in [-0.1, -0.05) is 42.5 Å². The lowest BCUT2D eigenvalue weighted by Crippen LogP contribution is -2.42. The van der Waals surface area contributed by atoms with Crippen molar-refractivity contribution in [1.82, 2.24) is 5.32 Å². The first-order chi connectivity index (χ1) is 11.7. The molecule has 1 atom stereocenters. The lowest BCUT2D eigenvalue weighted by Gasteiger charge is -2.23. The van der Waals surface area contributed by atoms with Gasteiger partial charge in [-0.25, -0.2) is 4.79 Å². The van der Waals surface area contributed by atoms with Crippen LogP contribution in [0, 0.1) is 0 Å². The second-order valence-corrected chi connectivity index (χ2v) is 6.16. The number of urea groups is 1. The van der Waals surface area contributed by atoms with Crippen LogP contribution < -0.4 is 10.2 Å². The lowest BCUT2D eigenvalue weighted by atomic mass is 10.1. The number of hydrogen-bond donors (Lipinski definition) is 1. The van der Waals surface area contributed by atoms with Gasteiger partial charge in [0.1, 0.15) is 0 Å². The highest BCUT2D eigenvalue weighted by molar-refractivity contribution is 5.94. The molecule has 0 radical (unpaired) electrons. The van der Waals surface area contributed by atoms with Crippen LogP contribution in [-0.2, 0) is 24.3 Å². The standard InChI is InChI=1S/C20H24N2O2/c1-3-24-14-17-10-8-16(9-11-17)13-21-20(23)22-15(2)12-18-6-4-5-7-19(18)22/h4-11,15H,3,12-14H2,1-2H3,(H,21,23). The number of nitrogens with zero attached hydrogens (tertiary/aromatic N) is 1. The SMILES string of the molecule is CCOCc1ccc(CNC(=O)N2c3ccccc3CC2C)cc1. The van der Waals surface area contributed by atoms with E-state index in [4.69, 9.17) is 4.74 Å². The fraction of sp³-hybridized carbons (Fsp3) is 0.350. The Labute approximate surface area is 143 Å². The quantitative estimate of drug-likeness (QED) is 0.907. The van der Waals surface area contributed by atoms with Crippen LogP contribution in [0.3, 0.4) is 0 Å². The Kier molecular flexibility index (Phi) is 5.16. The maximum Gasteiger partial charge on any atom is 0.322 e. The normalized spacial score (nSPS) is 16.1. The van der Waals surface area contributed by atoms with Crippen LogP contribution in [0.1, 0.15) is 30.5 Å². The molecule has 0 aliphatic carbocycles. The van der Waals surface area contributed by atoms with Crippen molar-refractivity contribution in [2.45, 2.75) is 39.5 Å². The molecule has 3 rings (SSSR count). The van der Waals surface area contributed by atoms with Crippen LogP contribution in [0.4, 0.5) is 10.5 Å². The molecule has 2 amide bonds. The maximum atomic E-state index is 12.6. The van der Waals surface area contributed by atoms with Crippen molar-refractivity contribution in [3.8, 4) is 0 Å². The second-order valence-electron chi connectivity index (χ2n) is 6.16. The zero-order chi connectivity index (χ0) is 16.9.